The van der Waals surface area contributed by atoms with Gasteiger partial charge < -0.3 is 15.0 Å². The zero-order valence-corrected chi connectivity index (χ0v) is 11.4. The first-order chi connectivity index (χ1) is 8.19. The van der Waals surface area contributed by atoms with Crippen molar-refractivity contribution in [2.45, 2.75) is 39.7 Å². The molecule has 4 nitrogen and oxygen atoms in total. The Kier molecular flexibility index (Phi) is 6.52. The highest BCUT2D eigenvalue weighted by Gasteiger charge is 2.26. The first-order valence-corrected chi connectivity index (χ1v) is 6.78. The minimum absolute atomic E-state index is 0.160. The van der Waals surface area contributed by atoms with E-state index in [1.54, 1.807) is 0 Å². The molecule has 0 aliphatic carbocycles. The number of likely N-dealkylation sites (N-methyl/N-ethyl adjacent to an activating group) is 1. The summed E-state index contributed by atoms with van der Waals surface area (Å²) >= 11 is 0. The van der Waals surface area contributed by atoms with E-state index >= 15 is 0 Å². The van der Waals surface area contributed by atoms with Crippen molar-refractivity contribution in [2.75, 3.05) is 32.8 Å². The van der Waals surface area contributed by atoms with E-state index in [0.29, 0.717) is 19.3 Å². The van der Waals surface area contributed by atoms with Crippen LogP contribution in [0.15, 0.2) is 0 Å². The Morgan fingerprint density at radius 3 is 2.71 bits per heavy atom. The highest BCUT2D eigenvalue weighted by molar-refractivity contribution is 5.79. The molecule has 1 amide bonds. The first-order valence-electron chi connectivity index (χ1n) is 6.78. The Labute approximate surface area is 105 Å². The number of hydrogen-bond acceptors (Lipinski definition) is 3. The van der Waals surface area contributed by atoms with E-state index < -0.39 is 0 Å². The van der Waals surface area contributed by atoms with Crippen LogP contribution in [0.25, 0.3) is 0 Å². The SMILES string of the molecule is CCOCCN(CC)C(=O)C1CCC(C)NC1. The molecule has 1 rings (SSSR count). The van der Waals surface area contributed by atoms with Gasteiger partial charge in [0.05, 0.1) is 12.5 Å². The van der Waals surface area contributed by atoms with Crippen molar-refractivity contribution in [3.63, 3.8) is 0 Å². The van der Waals surface area contributed by atoms with Crippen LogP contribution in [0.2, 0.25) is 0 Å². The molecule has 1 N–H and O–H groups in total. The molecule has 0 aromatic heterocycles. The van der Waals surface area contributed by atoms with E-state index in [2.05, 4.69) is 12.2 Å². The van der Waals surface area contributed by atoms with Gasteiger partial charge in [0.1, 0.15) is 0 Å². The summed E-state index contributed by atoms with van der Waals surface area (Å²) in [5, 5.41) is 3.38. The van der Waals surface area contributed by atoms with Gasteiger partial charge in [0, 0.05) is 32.3 Å². The maximum Gasteiger partial charge on any atom is 0.227 e. The molecule has 2 unspecified atom stereocenters. The third-order valence-corrected chi connectivity index (χ3v) is 3.41. The molecule has 1 aliphatic rings. The van der Waals surface area contributed by atoms with Crippen molar-refractivity contribution in [3.05, 3.63) is 0 Å². The van der Waals surface area contributed by atoms with E-state index in [1.807, 2.05) is 18.7 Å². The molecule has 2 atom stereocenters. The first kappa shape index (κ1) is 14.5. The molecule has 0 spiro atoms. The maximum atomic E-state index is 12.3. The van der Waals surface area contributed by atoms with Crippen molar-refractivity contribution in [3.8, 4) is 0 Å². The van der Waals surface area contributed by atoms with Crippen LogP contribution in [0.1, 0.15) is 33.6 Å². The summed E-state index contributed by atoms with van der Waals surface area (Å²) in [4.78, 5) is 14.2. The monoisotopic (exact) mass is 242 g/mol. The zero-order chi connectivity index (χ0) is 12.7. The molecule has 1 saturated heterocycles. The number of carbonyl (C=O) groups is 1. The molecule has 17 heavy (non-hydrogen) atoms. The second-order valence-electron chi connectivity index (χ2n) is 4.70. The van der Waals surface area contributed by atoms with Crippen LogP contribution in [0.4, 0.5) is 0 Å². The molecule has 0 bridgehead atoms. The summed E-state index contributed by atoms with van der Waals surface area (Å²) in [5.41, 5.74) is 0. The van der Waals surface area contributed by atoms with Gasteiger partial charge in [0.2, 0.25) is 5.91 Å². The van der Waals surface area contributed by atoms with Crippen molar-refractivity contribution < 1.29 is 9.53 Å². The lowest BCUT2D eigenvalue weighted by Crippen LogP contribution is -2.46. The number of rotatable bonds is 6. The number of nitrogens with one attached hydrogen (secondary N) is 1. The standard InChI is InChI=1S/C13H26N2O2/c1-4-15(8-9-17-5-2)13(16)12-7-6-11(3)14-10-12/h11-12,14H,4-10H2,1-3H3. The van der Waals surface area contributed by atoms with Crippen molar-refractivity contribution in [1.29, 1.82) is 0 Å². The molecule has 1 aliphatic heterocycles. The second-order valence-corrected chi connectivity index (χ2v) is 4.70. The van der Waals surface area contributed by atoms with Gasteiger partial charge in [-0.15, -0.1) is 0 Å². The van der Waals surface area contributed by atoms with Crippen LogP contribution in [0, 0.1) is 5.92 Å². The van der Waals surface area contributed by atoms with Crippen LogP contribution >= 0.6 is 0 Å². The topological polar surface area (TPSA) is 41.6 Å². The Morgan fingerprint density at radius 2 is 2.18 bits per heavy atom. The van der Waals surface area contributed by atoms with Crippen LogP contribution in [0.3, 0.4) is 0 Å². The van der Waals surface area contributed by atoms with Gasteiger partial charge in [-0.3, -0.25) is 4.79 Å². The molecule has 4 heteroatoms. The van der Waals surface area contributed by atoms with Crippen LogP contribution in [0.5, 0.6) is 0 Å². The van der Waals surface area contributed by atoms with Gasteiger partial charge in [-0.05, 0) is 33.6 Å². The minimum atomic E-state index is 0.160. The van der Waals surface area contributed by atoms with E-state index in [0.717, 1.165) is 32.5 Å². The van der Waals surface area contributed by atoms with Crippen LogP contribution < -0.4 is 5.32 Å². The van der Waals surface area contributed by atoms with E-state index in [9.17, 15) is 4.79 Å². The summed E-state index contributed by atoms with van der Waals surface area (Å²) in [6.45, 7) is 9.86. The predicted molar refractivity (Wildman–Crippen MR) is 68.9 cm³/mol. The summed E-state index contributed by atoms with van der Waals surface area (Å²) in [5.74, 6) is 0.444. The molecule has 0 saturated carbocycles. The summed E-state index contributed by atoms with van der Waals surface area (Å²) < 4.78 is 5.31. The van der Waals surface area contributed by atoms with Crippen LogP contribution in [-0.4, -0.2) is 49.7 Å². The fourth-order valence-electron chi connectivity index (χ4n) is 2.21. The number of piperidine rings is 1. The second kappa shape index (κ2) is 7.67. The number of nitrogens with zero attached hydrogens (tertiary/aromatic N) is 1. The summed E-state index contributed by atoms with van der Waals surface area (Å²) in [6.07, 6.45) is 2.11. The number of ether oxygens (including phenoxy) is 1. The molecule has 0 aromatic rings. The molecular weight excluding hydrogens is 216 g/mol. The third kappa shape index (κ3) is 4.64. The Hall–Kier alpha value is -0.610. The molecular formula is C13H26N2O2. The van der Waals surface area contributed by atoms with Gasteiger partial charge in [0.25, 0.3) is 0 Å². The summed E-state index contributed by atoms with van der Waals surface area (Å²) in [6, 6.07) is 0.553. The maximum absolute atomic E-state index is 12.3. The lowest BCUT2D eigenvalue weighted by Gasteiger charge is -2.31. The fraction of sp³-hybridized carbons (Fsp3) is 0.923. The van der Waals surface area contributed by atoms with Crippen LogP contribution in [-0.2, 0) is 9.53 Å². The average molecular weight is 242 g/mol. The Morgan fingerprint density at radius 1 is 1.41 bits per heavy atom. The fourth-order valence-corrected chi connectivity index (χ4v) is 2.21. The largest absolute Gasteiger partial charge is 0.380 e. The lowest BCUT2D eigenvalue weighted by atomic mass is 9.94. The molecule has 0 radical (unpaired) electrons. The van der Waals surface area contributed by atoms with Crippen molar-refractivity contribution >= 4 is 5.91 Å². The molecule has 1 heterocycles. The molecule has 1 fully saturated rings. The Balaban J connectivity index is 2.37. The number of hydrogen-bond donors (Lipinski definition) is 1. The summed E-state index contributed by atoms with van der Waals surface area (Å²) in [7, 11) is 0. The number of amides is 1. The molecule has 0 aromatic carbocycles. The van der Waals surface area contributed by atoms with E-state index in [-0.39, 0.29) is 11.8 Å². The number of carbonyl (C=O) groups excluding carboxylic acids is 1. The highest BCUT2D eigenvalue weighted by atomic mass is 16.5. The predicted octanol–water partition coefficient (Wildman–Crippen LogP) is 1.26. The molecule has 100 valence electrons. The smallest absolute Gasteiger partial charge is 0.227 e. The van der Waals surface area contributed by atoms with Gasteiger partial charge >= 0.3 is 0 Å². The average Bonchev–Trinajstić information content (AvgIpc) is 2.35. The third-order valence-electron chi connectivity index (χ3n) is 3.41. The highest BCUT2D eigenvalue weighted by Crippen LogP contribution is 2.16. The van der Waals surface area contributed by atoms with Crippen molar-refractivity contribution in [2.24, 2.45) is 5.92 Å². The lowest BCUT2D eigenvalue weighted by molar-refractivity contribution is -0.136. The zero-order valence-electron chi connectivity index (χ0n) is 11.4. The van der Waals surface area contributed by atoms with Gasteiger partial charge in [-0.2, -0.15) is 0 Å². The van der Waals surface area contributed by atoms with Gasteiger partial charge in [-0.25, -0.2) is 0 Å². The Bertz CT molecular complexity index is 225. The van der Waals surface area contributed by atoms with E-state index in [1.165, 1.54) is 0 Å². The van der Waals surface area contributed by atoms with Gasteiger partial charge in [-0.1, -0.05) is 0 Å². The van der Waals surface area contributed by atoms with Gasteiger partial charge in [0.15, 0.2) is 0 Å². The minimum Gasteiger partial charge on any atom is -0.380 e. The normalized spacial score (nSPS) is 24.6. The van der Waals surface area contributed by atoms with E-state index in [4.69, 9.17) is 4.74 Å². The van der Waals surface area contributed by atoms with Crippen molar-refractivity contribution in [1.82, 2.24) is 10.2 Å². The quantitative estimate of drug-likeness (QED) is 0.713.